The molecule has 0 saturated heterocycles. The lowest BCUT2D eigenvalue weighted by molar-refractivity contribution is 0.294. The molecular formula is C14H14N4O. The van der Waals surface area contributed by atoms with Crippen molar-refractivity contribution >= 4 is 16.9 Å². The van der Waals surface area contributed by atoms with Crippen LogP contribution < -0.4 is 10.5 Å². The second-order valence-electron chi connectivity index (χ2n) is 4.26. The van der Waals surface area contributed by atoms with Gasteiger partial charge in [0.1, 0.15) is 18.2 Å². The number of fused-ring (bicyclic) bond motifs is 1. The predicted octanol–water partition coefficient (Wildman–Crippen LogP) is 2.13. The van der Waals surface area contributed by atoms with Gasteiger partial charge in [-0.15, -0.1) is 0 Å². The summed E-state index contributed by atoms with van der Waals surface area (Å²) in [6.07, 6.45) is 1.73. The van der Waals surface area contributed by atoms with Crippen molar-refractivity contribution < 1.29 is 4.74 Å². The first-order valence-electron chi connectivity index (χ1n) is 5.99. The molecule has 2 aromatic heterocycles. The van der Waals surface area contributed by atoms with E-state index in [-0.39, 0.29) is 0 Å². The van der Waals surface area contributed by atoms with E-state index in [0.717, 1.165) is 17.0 Å². The van der Waals surface area contributed by atoms with Crippen LogP contribution in [0.4, 0.5) is 5.69 Å². The van der Waals surface area contributed by atoms with Crippen LogP contribution in [0.3, 0.4) is 0 Å². The summed E-state index contributed by atoms with van der Waals surface area (Å²) in [5.41, 5.74) is 8.17. The summed E-state index contributed by atoms with van der Waals surface area (Å²) >= 11 is 0. The molecule has 0 unspecified atom stereocenters. The Morgan fingerprint density at radius 3 is 2.84 bits per heavy atom. The number of imidazole rings is 1. The molecule has 0 atom stereocenters. The third-order valence-electron chi connectivity index (χ3n) is 3.03. The fraction of sp³-hybridized carbons (Fsp3) is 0.143. The molecule has 0 amide bonds. The molecule has 3 aromatic rings. The van der Waals surface area contributed by atoms with Gasteiger partial charge in [-0.1, -0.05) is 12.1 Å². The Bertz CT molecular complexity index is 720. The maximum absolute atomic E-state index is 5.83. The molecule has 0 saturated carbocycles. The molecule has 19 heavy (non-hydrogen) atoms. The summed E-state index contributed by atoms with van der Waals surface area (Å²) in [5.74, 6) is 1.49. The van der Waals surface area contributed by atoms with Crippen molar-refractivity contribution in [2.75, 3.05) is 5.73 Å². The number of nitrogens with two attached hydrogens (primary N) is 1. The Morgan fingerprint density at radius 2 is 2.05 bits per heavy atom. The molecule has 0 radical (unpaired) electrons. The second-order valence-corrected chi connectivity index (χ2v) is 4.26. The molecule has 5 nitrogen and oxygen atoms in total. The summed E-state index contributed by atoms with van der Waals surface area (Å²) in [4.78, 5) is 8.67. The van der Waals surface area contributed by atoms with Gasteiger partial charge in [0.25, 0.3) is 0 Å². The number of hydrogen-bond donors (Lipinski definition) is 1. The maximum Gasteiger partial charge on any atom is 0.178 e. The molecule has 2 heterocycles. The lowest BCUT2D eigenvalue weighted by atomic mass is 10.3. The highest BCUT2D eigenvalue weighted by atomic mass is 16.5. The van der Waals surface area contributed by atoms with Crippen molar-refractivity contribution in [3.05, 3.63) is 48.4 Å². The number of ether oxygens (including phenoxy) is 1. The lowest BCUT2D eigenvalue weighted by Crippen LogP contribution is -2.04. The van der Waals surface area contributed by atoms with Crippen molar-refractivity contribution in [1.82, 2.24) is 14.5 Å². The highest BCUT2D eigenvalue weighted by molar-refractivity contribution is 5.71. The van der Waals surface area contributed by atoms with Gasteiger partial charge in [0.15, 0.2) is 5.65 Å². The smallest absolute Gasteiger partial charge is 0.178 e. The number of para-hydroxylation sites is 2. The molecule has 0 aliphatic rings. The third-order valence-corrected chi connectivity index (χ3v) is 3.03. The van der Waals surface area contributed by atoms with Gasteiger partial charge in [-0.25, -0.2) is 9.97 Å². The molecule has 1 aromatic carbocycles. The van der Waals surface area contributed by atoms with Crippen molar-refractivity contribution in [1.29, 1.82) is 0 Å². The molecule has 0 bridgehead atoms. The highest BCUT2D eigenvalue weighted by Crippen LogP contribution is 2.21. The minimum Gasteiger partial charge on any atom is -0.484 e. The molecule has 0 fully saturated rings. The number of pyridine rings is 1. The van der Waals surface area contributed by atoms with Gasteiger partial charge < -0.3 is 15.0 Å². The SMILES string of the molecule is Cn1c(COc2ccccc2N)nc2ncccc21. The standard InChI is InChI=1S/C14H14N4O/c1-18-11-6-4-8-16-14(11)17-13(18)9-19-12-7-3-2-5-10(12)15/h2-8H,9,15H2,1H3. The Kier molecular flexibility index (Phi) is 2.79. The normalized spacial score (nSPS) is 10.8. The monoisotopic (exact) mass is 254 g/mol. The van der Waals surface area contributed by atoms with E-state index in [1.54, 1.807) is 6.20 Å². The van der Waals surface area contributed by atoms with Gasteiger partial charge >= 0.3 is 0 Å². The first kappa shape index (κ1) is 11.5. The molecule has 2 N–H and O–H groups in total. The number of nitrogens with zero attached hydrogens (tertiary/aromatic N) is 3. The summed E-state index contributed by atoms with van der Waals surface area (Å²) < 4.78 is 7.67. The van der Waals surface area contributed by atoms with E-state index >= 15 is 0 Å². The van der Waals surface area contributed by atoms with Crippen LogP contribution in [0.15, 0.2) is 42.6 Å². The molecular weight excluding hydrogens is 240 g/mol. The van der Waals surface area contributed by atoms with Crippen LogP contribution in [0.2, 0.25) is 0 Å². The van der Waals surface area contributed by atoms with Crippen molar-refractivity contribution in [2.45, 2.75) is 6.61 Å². The van der Waals surface area contributed by atoms with Gasteiger partial charge in [0.2, 0.25) is 0 Å². The van der Waals surface area contributed by atoms with E-state index in [2.05, 4.69) is 9.97 Å². The van der Waals surface area contributed by atoms with Crippen LogP contribution in [0.1, 0.15) is 5.82 Å². The summed E-state index contributed by atoms with van der Waals surface area (Å²) in [7, 11) is 1.95. The molecule has 0 spiro atoms. The first-order valence-corrected chi connectivity index (χ1v) is 5.99. The van der Waals surface area contributed by atoms with Crippen molar-refractivity contribution in [3.63, 3.8) is 0 Å². The average Bonchev–Trinajstić information content (AvgIpc) is 2.75. The van der Waals surface area contributed by atoms with Crippen LogP contribution in [0, 0.1) is 0 Å². The fourth-order valence-corrected chi connectivity index (χ4v) is 1.96. The molecule has 5 heteroatoms. The van der Waals surface area contributed by atoms with Crippen LogP contribution in [0.25, 0.3) is 11.2 Å². The zero-order valence-corrected chi connectivity index (χ0v) is 10.6. The van der Waals surface area contributed by atoms with E-state index in [1.807, 2.05) is 48.0 Å². The number of aryl methyl sites for hydroxylation is 1. The number of rotatable bonds is 3. The quantitative estimate of drug-likeness (QED) is 0.727. The van der Waals surface area contributed by atoms with Crippen LogP contribution in [-0.4, -0.2) is 14.5 Å². The number of anilines is 1. The van der Waals surface area contributed by atoms with Crippen molar-refractivity contribution in [3.8, 4) is 5.75 Å². The number of nitrogen functional groups attached to an aromatic ring is 1. The largest absolute Gasteiger partial charge is 0.484 e. The van der Waals surface area contributed by atoms with Crippen LogP contribution in [0.5, 0.6) is 5.75 Å². The second kappa shape index (κ2) is 4.61. The third kappa shape index (κ3) is 2.10. The van der Waals surface area contributed by atoms with E-state index < -0.39 is 0 Å². The predicted molar refractivity (Wildman–Crippen MR) is 73.7 cm³/mol. The minimum absolute atomic E-state index is 0.362. The molecule has 3 rings (SSSR count). The van der Waals surface area contributed by atoms with Gasteiger partial charge in [-0.3, -0.25) is 0 Å². The Morgan fingerprint density at radius 1 is 1.21 bits per heavy atom. The number of benzene rings is 1. The number of hydrogen-bond acceptors (Lipinski definition) is 4. The van der Waals surface area contributed by atoms with Gasteiger partial charge in [-0.05, 0) is 24.3 Å². The van der Waals surface area contributed by atoms with Gasteiger partial charge in [0, 0.05) is 13.2 Å². The Balaban J connectivity index is 1.86. The van der Waals surface area contributed by atoms with E-state index in [0.29, 0.717) is 18.0 Å². The topological polar surface area (TPSA) is 66.0 Å². The molecule has 0 aliphatic carbocycles. The summed E-state index contributed by atoms with van der Waals surface area (Å²) in [6, 6.07) is 11.3. The zero-order chi connectivity index (χ0) is 13.2. The average molecular weight is 254 g/mol. The molecule has 96 valence electrons. The van der Waals surface area contributed by atoms with E-state index in [1.165, 1.54) is 0 Å². The summed E-state index contributed by atoms with van der Waals surface area (Å²) in [5, 5.41) is 0. The summed E-state index contributed by atoms with van der Waals surface area (Å²) in [6.45, 7) is 0.362. The molecule has 0 aliphatic heterocycles. The van der Waals surface area contributed by atoms with Crippen LogP contribution in [-0.2, 0) is 13.7 Å². The highest BCUT2D eigenvalue weighted by Gasteiger charge is 2.09. The van der Waals surface area contributed by atoms with Crippen molar-refractivity contribution in [2.24, 2.45) is 7.05 Å². The lowest BCUT2D eigenvalue weighted by Gasteiger charge is -2.08. The van der Waals surface area contributed by atoms with E-state index in [9.17, 15) is 0 Å². The van der Waals surface area contributed by atoms with E-state index in [4.69, 9.17) is 10.5 Å². The fourth-order valence-electron chi connectivity index (χ4n) is 1.96. The zero-order valence-electron chi connectivity index (χ0n) is 10.6. The Hall–Kier alpha value is -2.56. The number of aromatic nitrogens is 3. The van der Waals surface area contributed by atoms with Gasteiger partial charge in [-0.2, -0.15) is 0 Å². The van der Waals surface area contributed by atoms with Crippen LogP contribution >= 0.6 is 0 Å². The van der Waals surface area contributed by atoms with Gasteiger partial charge in [0.05, 0.1) is 11.2 Å². The Labute approximate surface area is 110 Å². The maximum atomic E-state index is 5.83. The first-order chi connectivity index (χ1) is 9.25. The minimum atomic E-state index is 0.362.